The molecule has 0 aliphatic heterocycles. The number of nitrogens with zero attached hydrogens (tertiary/aromatic N) is 2. The number of ether oxygens (including phenoxy) is 1. The Bertz CT molecular complexity index is 385. The van der Waals surface area contributed by atoms with E-state index in [1.165, 1.54) is 4.68 Å². The van der Waals surface area contributed by atoms with E-state index in [9.17, 15) is 4.79 Å². The van der Waals surface area contributed by atoms with Gasteiger partial charge in [-0.3, -0.25) is 4.68 Å². The van der Waals surface area contributed by atoms with E-state index >= 15 is 0 Å². The molecule has 4 nitrogen and oxygen atoms in total. The first-order valence-electron chi connectivity index (χ1n) is 4.62. The van der Waals surface area contributed by atoms with Gasteiger partial charge in [-0.05, 0) is 13.8 Å². The fourth-order valence-corrected chi connectivity index (χ4v) is 1.42. The number of halogens is 1. The molecule has 0 unspecified atom stereocenters. The van der Waals surface area contributed by atoms with Gasteiger partial charge in [0.25, 0.3) is 0 Å². The van der Waals surface area contributed by atoms with Crippen molar-refractivity contribution in [3.8, 4) is 0 Å². The average molecular weight is 229 g/mol. The topological polar surface area (TPSA) is 44.1 Å². The van der Waals surface area contributed by atoms with Crippen molar-refractivity contribution in [2.45, 2.75) is 20.4 Å². The lowest BCUT2D eigenvalue weighted by atomic mass is 10.3. The molecular formula is C10H13ClN2O2. The van der Waals surface area contributed by atoms with E-state index in [1.807, 2.05) is 0 Å². The molecular weight excluding hydrogens is 216 g/mol. The quantitative estimate of drug-likeness (QED) is 0.586. The third-order valence-electron chi connectivity index (χ3n) is 1.83. The van der Waals surface area contributed by atoms with Gasteiger partial charge < -0.3 is 4.74 Å². The molecule has 1 rings (SSSR count). The molecule has 0 aliphatic rings. The standard InChI is InChI=1S/C10H13ClN2O2/c1-4-6-13-9(10(14)15-5-2)8(11)7(3)12-13/h4H,1,5-6H2,2-3H3. The van der Waals surface area contributed by atoms with Crippen LogP contribution in [0.25, 0.3) is 0 Å². The molecule has 1 heterocycles. The minimum absolute atomic E-state index is 0.288. The summed E-state index contributed by atoms with van der Waals surface area (Å²) in [6, 6.07) is 0. The molecule has 1 aromatic rings. The van der Waals surface area contributed by atoms with E-state index in [0.29, 0.717) is 23.9 Å². The molecule has 0 radical (unpaired) electrons. The highest BCUT2D eigenvalue weighted by Gasteiger charge is 2.20. The predicted molar refractivity (Wildman–Crippen MR) is 58.1 cm³/mol. The summed E-state index contributed by atoms with van der Waals surface area (Å²) in [5.74, 6) is -0.454. The second-order valence-electron chi connectivity index (χ2n) is 2.94. The van der Waals surface area contributed by atoms with Crippen molar-refractivity contribution < 1.29 is 9.53 Å². The number of esters is 1. The van der Waals surface area contributed by atoms with Crippen LogP contribution in [0.1, 0.15) is 23.1 Å². The van der Waals surface area contributed by atoms with Gasteiger partial charge in [0.2, 0.25) is 0 Å². The van der Waals surface area contributed by atoms with Gasteiger partial charge in [-0.1, -0.05) is 17.7 Å². The molecule has 5 heteroatoms. The van der Waals surface area contributed by atoms with E-state index < -0.39 is 5.97 Å². The molecule has 0 amide bonds. The summed E-state index contributed by atoms with van der Waals surface area (Å²) in [5.41, 5.74) is 0.900. The molecule has 0 bridgehead atoms. The van der Waals surface area contributed by atoms with E-state index in [1.54, 1.807) is 19.9 Å². The SMILES string of the molecule is C=CCn1nc(C)c(Cl)c1C(=O)OCC. The minimum atomic E-state index is -0.454. The fourth-order valence-electron chi connectivity index (χ4n) is 1.21. The molecule has 15 heavy (non-hydrogen) atoms. The van der Waals surface area contributed by atoms with E-state index in [4.69, 9.17) is 16.3 Å². The first-order chi connectivity index (χ1) is 7.11. The van der Waals surface area contributed by atoms with Crippen molar-refractivity contribution in [1.29, 1.82) is 0 Å². The summed E-state index contributed by atoms with van der Waals surface area (Å²) < 4.78 is 6.38. The summed E-state index contributed by atoms with van der Waals surface area (Å²) in [6.45, 7) is 7.81. The van der Waals surface area contributed by atoms with Gasteiger partial charge in [-0.2, -0.15) is 5.10 Å². The van der Waals surface area contributed by atoms with Gasteiger partial charge in [0.05, 0.1) is 23.9 Å². The lowest BCUT2D eigenvalue weighted by Gasteiger charge is -2.04. The second-order valence-corrected chi connectivity index (χ2v) is 3.32. The van der Waals surface area contributed by atoms with Crippen molar-refractivity contribution >= 4 is 17.6 Å². The molecule has 0 aromatic carbocycles. The smallest absolute Gasteiger partial charge is 0.358 e. The van der Waals surface area contributed by atoms with Crippen LogP contribution in [0, 0.1) is 6.92 Å². The number of carbonyl (C=O) groups is 1. The van der Waals surface area contributed by atoms with Gasteiger partial charge in [-0.15, -0.1) is 6.58 Å². The number of allylic oxidation sites excluding steroid dienone is 1. The molecule has 0 fully saturated rings. The van der Waals surface area contributed by atoms with Crippen molar-refractivity contribution in [1.82, 2.24) is 9.78 Å². The van der Waals surface area contributed by atoms with Crippen LogP contribution in [0.4, 0.5) is 0 Å². The van der Waals surface area contributed by atoms with Gasteiger partial charge >= 0.3 is 5.97 Å². The first kappa shape index (κ1) is 11.8. The fraction of sp³-hybridized carbons (Fsp3) is 0.400. The van der Waals surface area contributed by atoms with Crippen molar-refractivity contribution in [2.24, 2.45) is 0 Å². The maximum absolute atomic E-state index is 11.6. The van der Waals surface area contributed by atoms with Crippen LogP contribution < -0.4 is 0 Å². The molecule has 0 atom stereocenters. The maximum Gasteiger partial charge on any atom is 0.358 e. The Morgan fingerprint density at radius 1 is 1.73 bits per heavy atom. The third kappa shape index (κ3) is 2.39. The summed E-state index contributed by atoms with van der Waals surface area (Å²) in [5, 5.41) is 4.46. The molecule has 0 saturated carbocycles. The zero-order valence-electron chi connectivity index (χ0n) is 8.79. The van der Waals surface area contributed by atoms with Crippen LogP contribution in [0.5, 0.6) is 0 Å². The molecule has 82 valence electrons. The Morgan fingerprint density at radius 2 is 2.40 bits per heavy atom. The molecule has 0 N–H and O–H groups in total. The summed E-state index contributed by atoms with van der Waals surface area (Å²) in [4.78, 5) is 11.6. The lowest BCUT2D eigenvalue weighted by molar-refractivity contribution is 0.0513. The van der Waals surface area contributed by atoms with Crippen molar-refractivity contribution in [2.75, 3.05) is 6.61 Å². The van der Waals surface area contributed by atoms with E-state index in [0.717, 1.165) is 0 Å². The monoisotopic (exact) mass is 228 g/mol. The van der Waals surface area contributed by atoms with Crippen LogP contribution in [0.15, 0.2) is 12.7 Å². The number of aromatic nitrogens is 2. The highest BCUT2D eigenvalue weighted by atomic mass is 35.5. The largest absolute Gasteiger partial charge is 0.461 e. The Kier molecular flexibility index (Phi) is 3.91. The molecule has 0 saturated heterocycles. The number of hydrogen-bond donors (Lipinski definition) is 0. The number of rotatable bonds is 4. The van der Waals surface area contributed by atoms with E-state index in [-0.39, 0.29) is 5.69 Å². The normalized spacial score (nSPS) is 10.1. The summed E-state index contributed by atoms with van der Waals surface area (Å²) in [7, 11) is 0. The predicted octanol–water partition coefficient (Wildman–Crippen LogP) is 2.21. The number of aryl methyl sites for hydroxylation is 1. The van der Waals surface area contributed by atoms with Gasteiger partial charge in [0.1, 0.15) is 0 Å². The number of carbonyl (C=O) groups excluding carboxylic acids is 1. The molecule has 0 aliphatic carbocycles. The highest BCUT2D eigenvalue weighted by molar-refractivity contribution is 6.34. The van der Waals surface area contributed by atoms with Gasteiger partial charge in [0, 0.05) is 0 Å². The van der Waals surface area contributed by atoms with E-state index in [2.05, 4.69) is 11.7 Å². The Labute approximate surface area is 93.5 Å². The lowest BCUT2D eigenvalue weighted by Crippen LogP contribution is -2.13. The van der Waals surface area contributed by atoms with Crippen LogP contribution in [0.3, 0.4) is 0 Å². The highest BCUT2D eigenvalue weighted by Crippen LogP contribution is 2.21. The van der Waals surface area contributed by atoms with Crippen LogP contribution in [-0.4, -0.2) is 22.4 Å². The number of hydrogen-bond acceptors (Lipinski definition) is 3. The van der Waals surface area contributed by atoms with Gasteiger partial charge in [0.15, 0.2) is 5.69 Å². The van der Waals surface area contributed by atoms with Crippen LogP contribution in [0.2, 0.25) is 5.02 Å². The molecule has 1 aromatic heterocycles. The van der Waals surface area contributed by atoms with Crippen LogP contribution in [-0.2, 0) is 11.3 Å². The van der Waals surface area contributed by atoms with Crippen molar-refractivity contribution in [3.63, 3.8) is 0 Å². The first-order valence-corrected chi connectivity index (χ1v) is 5.00. The summed E-state index contributed by atoms with van der Waals surface area (Å²) >= 11 is 5.96. The van der Waals surface area contributed by atoms with Gasteiger partial charge in [-0.25, -0.2) is 4.79 Å². The Hall–Kier alpha value is -1.29. The zero-order chi connectivity index (χ0) is 11.4. The third-order valence-corrected chi connectivity index (χ3v) is 2.28. The van der Waals surface area contributed by atoms with Crippen LogP contribution >= 0.6 is 11.6 Å². The second kappa shape index (κ2) is 4.98. The zero-order valence-corrected chi connectivity index (χ0v) is 9.54. The molecule has 0 spiro atoms. The Balaban J connectivity index is 3.12. The summed E-state index contributed by atoms with van der Waals surface area (Å²) in [6.07, 6.45) is 1.64. The Morgan fingerprint density at radius 3 is 2.93 bits per heavy atom. The minimum Gasteiger partial charge on any atom is -0.461 e. The van der Waals surface area contributed by atoms with Crippen molar-refractivity contribution in [3.05, 3.63) is 29.1 Å². The average Bonchev–Trinajstić information content (AvgIpc) is 2.44. The maximum atomic E-state index is 11.6.